The molecule has 11 heteroatoms. The predicted octanol–water partition coefficient (Wildman–Crippen LogP) is 1.62. The molecule has 1 heterocycles. The summed E-state index contributed by atoms with van der Waals surface area (Å²) in [6.07, 6.45) is 0.867. The van der Waals surface area contributed by atoms with E-state index < -0.39 is 28.6 Å². The molecular formula is C13H19BrN4O6. The van der Waals surface area contributed by atoms with Crippen molar-refractivity contribution in [1.29, 1.82) is 0 Å². The molecule has 0 unspecified atom stereocenters. The standard InChI is InChI=1S/C13H19BrN4O6/c1-13(2,3)23-8-9(24-12(20)16-10(19)6-14)7-17-5-4-15-11(17)18(21)22/h4-5,9H,6-8H2,1-3H3,(H,16,19,20)/t9-/m1/s1. The highest BCUT2D eigenvalue weighted by Gasteiger charge is 2.24. The molecule has 0 radical (unpaired) electrons. The fourth-order valence-electron chi connectivity index (χ4n) is 1.63. The van der Waals surface area contributed by atoms with Crippen LogP contribution in [0.4, 0.5) is 10.7 Å². The highest BCUT2D eigenvalue weighted by Crippen LogP contribution is 2.13. The molecule has 0 spiro atoms. The van der Waals surface area contributed by atoms with Crippen molar-refractivity contribution in [2.75, 3.05) is 11.9 Å². The van der Waals surface area contributed by atoms with E-state index in [4.69, 9.17) is 9.47 Å². The van der Waals surface area contributed by atoms with Crippen LogP contribution >= 0.6 is 15.9 Å². The Labute approximate surface area is 146 Å². The zero-order valence-electron chi connectivity index (χ0n) is 13.5. The SMILES string of the molecule is CC(C)(C)OC[C@@H](Cn1ccnc1[N+](=O)[O-])OC(=O)NC(=O)CBr. The average molecular weight is 407 g/mol. The molecule has 1 rings (SSSR count). The van der Waals surface area contributed by atoms with Crippen LogP contribution in [-0.4, -0.2) is 50.1 Å². The Morgan fingerprint density at radius 2 is 2.17 bits per heavy atom. The van der Waals surface area contributed by atoms with Gasteiger partial charge in [-0.15, -0.1) is 0 Å². The number of imide groups is 1. The number of carbonyl (C=O) groups excluding carboxylic acids is 2. The van der Waals surface area contributed by atoms with Gasteiger partial charge in [-0.05, 0) is 25.7 Å². The number of nitrogens with zero attached hydrogens (tertiary/aromatic N) is 3. The van der Waals surface area contributed by atoms with E-state index in [2.05, 4.69) is 20.9 Å². The number of alkyl halides is 1. The Hall–Kier alpha value is -2.01. The number of nitrogens with one attached hydrogen (secondary N) is 1. The smallest absolute Gasteiger partial charge is 0.434 e. The first kappa shape index (κ1) is 20.0. The normalized spacial score (nSPS) is 12.5. The molecule has 0 aliphatic heterocycles. The van der Waals surface area contributed by atoms with Crippen molar-refractivity contribution in [3.05, 3.63) is 22.5 Å². The lowest BCUT2D eigenvalue weighted by Crippen LogP contribution is -2.38. The molecule has 24 heavy (non-hydrogen) atoms. The van der Waals surface area contributed by atoms with Gasteiger partial charge in [0.05, 0.1) is 17.5 Å². The number of alkyl carbamates (subject to hydrolysis) is 1. The number of aromatic nitrogens is 2. The maximum atomic E-state index is 11.7. The van der Waals surface area contributed by atoms with Gasteiger partial charge in [0.1, 0.15) is 18.9 Å². The molecule has 0 bridgehead atoms. The molecule has 10 nitrogen and oxygen atoms in total. The maximum Gasteiger partial charge on any atom is 0.434 e. The van der Waals surface area contributed by atoms with Gasteiger partial charge < -0.3 is 19.6 Å². The number of hydrogen-bond acceptors (Lipinski definition) is 7. The molecule has 0 saturated heterocycles. The fraction of sp³-hybridized carbons (Fsp3) is 0.615. The van der Waals surface area contributed by atoms with Gasteiger partial charge in [0.25, 0.3) is 0 Å². The minimum atomic E-state index is -0.954. The first-order valence-electron chi connectivity index (χ1n) is 6.98. The number of amides is 2. The van der Waals surface area contributed by atoms with Crippen LogP contribution in [0.1, 0.15) is 20.8 Å². The second-order valence-electron chi connectivity index (χ2n) is 5.77. The summed E-state index contributed by atoms with van der Waals surface area (Å²) in [4.78, 5) is 36.8. The topological polar surface area (TPSA) is 126 Å². The van der Waals surface area contributed by atoms with E-state index in [1.54, 1.807) is 0 Å². The molecular weight excluding hydrogens is 388 g/mol. The Kier molecular flexibility index (Phi) is 7.29. The summed E-state index contributed by atoms with van der Waals surface area (Å²) in [6.45, 7) is 5.41. The van der Waals surface area contributed by atoms with E-state index >= 15 is 0 Å². The van der Waals surface area contributed by atoms with Gasteiger partial charge in [0, 0.05) is 0 Å². The first-order valence-corrected chi connectivity index (χ1v) is 8.10. The first-order chi connectivity index (χ1) is 11.1. The van der Waals surface area contributed by atoms with Crippen molar-refractivity contribution in [1.82, 2.24) is 14.9 Å². The van der Waals surface area contributed by atoms with Gasteiger partial charge in [0.2, 0.25) is 5.91 Å². The van der Waals surface area contributed by atoms with Crippen LogP contribution in [0.25, 0.3) is 0 Å². The third kappa shape index (κ3) is 7.04. The second kappa shape index (κ2) is 8.73. The van der Waals surface area contributed by atoms with Crippen molar-refractivity contribution >= 4 is 33.9 Å². The number of imidazole rings is 1. The fourth-order valence-corrected chi connectivity index (χ4v) is 1.77. The largest absolute Gasteiger partial charge is 0.440 e. The van der Waals surface area contributed by atoms with E-state index in [9.17, 15) is 19.7 Å². The molecule has 0 fully saturated rings. The molecule has 1 atom stereocenters. The van der Waals surface area contributed by atoms with Crippen LogP contribution in [0.2, 0.25) is 0 Å². The van der Waals surface area contributed by atoms with Crippen molar-refractivity contribution in [3.8, 4) is 0 Å². The summed E-state index contributed by atoms with van der Waals surface area (Å²) in [5.41, 5.74) is -0.495. The quantitative estimate of drug-likeness (QED) is 0.414. The Morgan fingerprint density at radius 1 is 1.50 bits per heavy atom. The van der Waals surface area contributed by atoms with Crippen molar-refractivity contribution in [2.24, 2.45) is 0 Å². The second-order valence-corrected chi connectivity index (χ2v) is 6.33. The summed E-state index contributed by atoms with van der Waals surface area (Å²) in [5.74, 6) is -0.944. The summed E-state index contributed by atoms with van der Waals surface area (Å²) in [5, 5.41) is 12.9. The minimum absolute atomic E-state index is 0.00520. The summed E-state index contributed by atoms with van der Waals surface area (Å²) in [6, 6.07) is 0. The molecule has 0 aliphatic carbocycles. The van der Waals surface area contributed by atoms with Crippen LogP contribution in [0.3, 0.4) is 0 Å². The van der Waals surface area contributed by atoms with Crippen molar-refractivity contribution in [3.63, 3.8) is 0 Å². The maximum absolute atomic E-state index is 11.7. The highest BCUT2D eigenvalue weighted by atomic mass is 79.9. The summed E-state index contributed by atoms with van der Waals surface area (Å²) >= 11 is 2.91. The van der Waals surface area contributed by atoms with Gasteiger partial charge in [-0.2, -0.15) is 0 Å². The van der Waals surface area contributed by atoms with Crippen LogP contribution in [0.5, 0.6) is 0 Å². The summed E-state index contributed by atoms with van der Waals surface area (Å²) < 4.78 is 11.9. The highest BCUT2D eigenvalue weighted by molar-refractivity contribution is 9.09. The lowest BCUT2D eigenvalue weighted by atomic mass is 10.2. The lowest BCUT2D eigenvalue weighted by Gasteiger charge is -2.24. The van der Waals surface area contributed by atoms with Gasteiger partial charge in [-0.3, -0.25) is 10.1 Å². The van der Waals surface area contributed by atoms with Crippen LogP contribution < -0.4 is 5.32 Å². The van der Waals surface area contributed by atoms with Gasteiger partial charge in [0.15, 0.2) is 6.10 Å². The predicted molar refractivity (Wildman–Crippen MR) is 86.8 cm³/mol. The number of carbonyl (C=O) groups is 2. The van der Waals surface area contributed by atoms with E-state index in [-0.39, 0.29) is 24.4 Å². The lowest BCUT2D eigenvalue weighted by molar-refractivity contribution is -0.397. The average Bonchev–Trinajstić information content (AvgIpc) is 2.92. The van der Waals surface area contributed by atoms with E-state index in [0.717, 1.165) is 0 Å². The van der Waals surface area contributed by atoms with Gasteiger partial charge in [-0.1, -0.05) is 20.9 Å². The Balaban J connectivity index is 2.80. The molecule has 1 aromatic heterocycles. The Morgan fingerprint density at radius 3 is 2.71 bits per heavy atom. The number of rotatable bonds is 7. The number of hydrogen-bond donors (Lipinski definition) is 1. The van der Waals surface area contributed by atoms with E-state index in [1.165, 1.54) is 17.0 Å². The monoisotopic (exact) mass is 406 g/mol. The number of ether oxygens (including phenoxy) is 2. The Bertz CT molecular complexity index is 598. The zero-order valence-corrected chi connectivity index (χ0v) is 15.1. The molecule has 1 N–H and O–H groups in total. The van der Waals surface area contributed by atoms with Crippen LogP contribution in [0, 0.1) is 10.1 Å². The molecule has 0 aromatic carbocycles. The van der Waals surface area contributed by atoms with Crippen LogP contribution in [0.15, 0.2) is 12.4 Å². The van der Waals surface area contributed by atoms with E-state index in [0.29, 0.717) is 0 Å². The molecule has 1 aromatic rings. The van der Waals surface area contributed by atoms with Gasteiger partial charge >= 0.3 is 12.0 Å². The van der Waals surface area contributed by atoms with E-state index in [1.807, 2.05) is 26.1 Å². The third-order valence-corrected chi connectivity index (χ3v) is 3.11. The number of halogens is 1. The summed E-state index contributed by atoms with van der Waals surface area (Å²) in [7, 11) is 0. The van der Waals surface area contributed by atoms with Gasteiger partial charge in [-0.25, -0.2) is 9.36 Å². The number of nitro groups is 1. The van der Waals surface area contributed by atoms with Crippen LogP contribution in [-0.2, 0) is 20.8 Å². The van der Waals surface area contributed by atoms with Crippen molar-refractivity contribution < 1.29 is 24.0 Å². The molecule has 2 amide bonds. The molecule has 0 aliphatic rings. The molecule has 0 saturated carbocycles. The zero-order chi connectivity index (χ0) is 18.3. The molecule has 134 valence electrons. The minimum Gasteiger partial charge on any atom is -0.440 e. The third-order valence-electron chi connectivity index (χ3n) is 2.60. The van der Waals surface area contributed by atoms with Crippen molar-refractivity contribution in [2.45, 2.75) is 39.0 Å².